The maximum Gasteiger partial charge on any atom is 0.197 e. The van der Waals surface area contributed by atoms with Gasteiger partial charge in [-0.25, -0.2) is 9.50 Å². The normalized spacial score (nSPS) is 14.2. The average molecular weight is 540 g/mol. The van der Waals surface area contributed by atoms with Crippen molar-refractivity contribution >= 4 is 11.4 Å². The van der Waals surface area contributed by atoms with Crippen molar-refractivity contribution in [3.63, 3.8) is 0 Å². The van der Waals surface area contributed by atoms with Gasteiger partial charge in [0.15, 0.2) is 11.4 Å². The predicted molar refractivity (Wildman–Crippen MR) is 153 cm³/mol. The number of piperidine rings is 1. The number of carbonyl (C=O) groups is 1. The molecule has 1 fully saturated rings. The van der Waals surface area contributed by atoms with Crippen LogP contribution in [-0.4, -0.2) is 56.7 Å². The molecule has 8 heteroatoms. The summed E-state index contributed by atoms with van der Waals surface area (Å²) < 4.78 is 13.2. The minimum atomic E-state index is -0.132. The molecular formula is C32H37N5O3. The molecule has 0 radical (unpaired) electrons. The van der Waals surface area contributed by atoms with Gasteiger partial charge in [0, 0.05) is 36.1 Å². The molecule has 3 aromatic heterocycles. The molecule has 1 aliphatic rings. The first-order valence-electron chi connectivity index (χ1n) is 14.1. The van der Waals surface area contributed by atoms with Crippen molar-refractivity contribution < 1.29 is 14.1 Å². The van der Waals surface area contributed by atoms with E-state index < -0.39 is 0 Å². The van der Waals surface area contributed by atoms with E-state index in [2.05, 4.69) is 52.8 Å². The van der Waals surface area contributed by atoms with E-state index in [1.54, 1.807) is 16.9 Å². The van der Waals surface area contributed by atoms with Crippen molar-refractivity contribution in [3.05, 3.63) is 77.1 Å². The van der Waals surface area contributed by atoms with E-state index in [4.69, 9.17) is 9.26 Å². The van der Waals surface area contributed by atoms with E-state index in [1.807, 2.05) is 36.4 Å². The highest BCUT2D eigenvalue weighted by Gasteiger charge is 2.20. The van der Waals surface area contributed by atoms with Crippen LogP contribution < -0.4 is 4.74 Å². The third-order valence-corrected chi connectivity index (χ3v) is 7.06. The van der Waals surface area contributed by atoms with Gasteiger partial charge in [-0.3, -0.25) is 4.79 Å². The Morgan fingerprint density at radius 2 is 1.85 bits per heavy atom. The number of hydrogen-bond acceptors (Lipinski definition) is 7. The molecule has 0 saturated carbocycles. The van der Waals surface area contributed by atoms with Gasteiger partial charge in [-0.05, 0) is 56.0 Å². The predicted octanol–water partition coefficient (Wildman–Crippen LogP) is 5.02. The minimum Gasteiger partial charge on any atom is -0.490 e. The lowest BCUT2D eigenvalue weighted by Crippen LogP contribution is -2.31. The number of aromatic nitrogens is 4. The maximum atomic E-state index is 12.6. The fourth-order valence-corrected chi connectivity index (χ4v) is 4.81. The number of ketones is 1. The first kappa shape index (κ1) is 27.6. The Balaban J connectivity index is 1.16. The van der Waals surface area contributed by atoms with E-state index in [0.29, 0.717) is 30.1 Å². The molecule has 5 rings (SSSR count). The first-order chi connectivity index (χ1) is 19.3. The second-order valence-electron chi connectivity index (χ2n) is 11.5. The van der Waals surface area contributed by atoms with Crippen LogP contribution >= 0.6 is 0 Å². The number of rotatable bonds is 9. The summed E-state index contributed by atoms with van der Waals surface area (Å²) >= 11 is 0. The van der Waals surface area contributed by atoms with Crippen LogP contribution in [0.25, 0.3) is 5.65 Å². The second-order valence-corrected chi connectivity index (χ2v) is 11.5. The number of ether oxygens (including phenoxy) is 1. The van der Waals surface area contributed by atoms with E-state index in [1.165, 1.54) is 32.4 Å². The quantitative estimate of drug-likeness (QED) is 0.218. The van der Waals surface area contributed by atoms with Crippen LogP contribution in [0.1, 0.15) is 74.7 Å². The van der Waals surface area contributed by atoms with E-state index >= 15 is 0 Å². The molecule has 4 aromatic rings. The van der Waals surface area contributed by atoms with Gasteiger partial charge in [-0.15, -0.1) is 0 Å². The maximum absolute atomic E-state index is 12.6. The zero-order valence-corrected chi connectivity index (χ0v) is 23.7. The van der Waals surface area contributed by atoms with Crippen LogP contribution in [0.4, 0.5) is 0 Å². The smallest absolute Gasteiger partial charge is 0.197 e. The van der Waals surface area contributed by atoms with Crippen molar-refractivity contribution in [1.29, 1.82) is 0 Å². The van der Waals surface area contributed by atoms with Gasteiger partial charge < -0.3 is 14.2 Å². The summed E-state index contributed by atoms with van der Waals surface area (Å²) in [7, 11) is 0. The summed E-state index contributed by atoms with van der Waals surface area (Å²) in [5.74, 6) is 7.94. The molecule has 4 heterocycles. The Labute approximate surface area is 235 Å². The standard InChI is InChI=1S/C32H37N5O3/c1-32(2,3)30-22-26(35-40-30)21-28(38)20-25-10-8-24(9-11-25)12-13-27-23-33-31-29(14-15-34-37(27)31)39-19-7-18-36-16-5-4-6-17-36/h8-11,14-15,22-23H,4-7,16-21H2,1-3H3. The molecule has 0 N–H and O–H groups in total. The van der Waals surface area contributed by atoms with E-state index in [9.17, 15) is 4.79 Å². The van der Waals surface area contributed by atoms with E-state index in [0.717, 1.165) is 35.6 Å². The number of likely N-dealkylation sites (tertiary alicyclic amines) is 1. The van der Waals surface area contributed by atoms with Crippen molar-refractivity contribution in [2.75, 3.05) is 26.2 Å². The average Bonchev–Trinajstić information content (AvgIpc) is 3.59. The zero-order chi connectivity index (χ0) is 28.0. The number of carbonyl (C=O) groups excluding carboxylic acids is 1. The number of benzene rings is 1. The number of hydrogen-bond donors (Lipinski definition) is 0. The molecule has 0 aliphatic carbocycles. The topological polar surface area (TPSA) is 85.8 Å². The molecule has 208 valence electrons. The largest absolute Gasteiger partial charge is 0.490 e. The summed E-state index contributed by atoms with van der Waals surface area (Å²) in [6.07, 6.45) is 8.97. The van der Waals surface area contributed by atoms with Crippen molar-refractivity contribution in [3.8, 4) is 17.6 Å². The van der Waals surface area contributed by atoms with E-state index in [-0.39, 0.29) is 17.6 Å². The lowest BCUT2D eigenvalue weighted by atomic mass is 9.93. The first-order valence-corrected chi connectivity index (χ1v) is 14.1. The van der Waals surface area contributed by atoms with Crippen molar-refractivity contribution in [1.82, 2.24) is 24.7 Å². The number of nitrogens with zero attached hydrogens (tertiary/aromatic N) is 5. The zero-order valence-electron chi connectivity index (χ0n) is 23.7. The van der Waals surface area contributed by atoms with Gasteiger partial charge in [-0.2, -0.15) is 5.10 Å². The molecule has 8 nitrogen and oxygen atoms in total. The highest BCUT2D eigenvalue weighted by Crippen LogP contribution is 2.23. The lowest BCUT2D eigenvalue weighted by Gasteiger charge is -2.26. The second kappa shape index (κ2) is 12.5. The Morgan fingerprint density at radius 1 is 1.05 bits per heavy atom. The van der Waals surface area contributed by atoms with Crippen molar-refractivity contribution in [2.24, 2.45) is 0 Å². The Bertz CT molecular complexity index is 1500. The summed E-state index contributed by atoms with van der Waals surface area (Å²) in [5.41, 5.74) is 3.68. The van der Waals surface area contributed by atoms with Crippen molar-refractivity contribution in [2.45, 2.75) is 64.7 Å². The molecule has 0 bridgehead atoms. The fourth-order valence-electron chi connectivity index (χ4n) is 4.81. The number of fused-ring (bicyclic) bond motifs is 1. The number of imidazole rings is 1. The molecule has 0 unspecified atom stereocenters. The van der Waals surface area contributed by atoms with Crippen LogP contribution in [-0.2, 0) is 23.1 Å². The SMILES string of the molecule is CC(C)(C)c1cc(CC(=O)Cc2ccc(C#Cc3cnc4c(OCCCN5CCCCC5)ccnn34)cc2)no1. The van der Waals surface area contributed by atoms with Gasteiger partial charge in [-0.1, -0.05) is 50.4 Å². The van der Waals surface area contributed by atoms with Gasteiger partial charge in [0.05, 0.1) is 31.1 Å². The Morgan fingerprint density at radius 3 is 2.60 bits per heavy atom. The van der Waals surface area contributed by atoms with Crippen LogP contribution in [0.5, 0.6) is 5.75 Å². The third kappa shape index (κ3) is 7.16. The Hall–Kier alpha value is -3.96. The molecule has 40 heavy (non-hydrogen) atoms. The van der Waals surface area contributed by atoms with Crippen LogP contribution in [0.3, 0.4) is 0 Å². The third-order valence-electron chi connectivity index (χ3n) is 7.06. The molecule has 1 aromatic carbocycles. The van der Waals surface area contributed by atoms with Crippen LogP contribution in [0.15, 0.2) is 53.3 Å². The molecule has 1 aliphatic heterocycles. The molecule has 0 spiro atoms. The molecule has 0 amide bonds. The van der Waals surface area contributed by atoms with Gasteiger partial charge in [0.25, 0.3) is 0 Å². The highest BCUT2D eigenvalue weighted by atomic mass is 16.5. The summed E-state index contributed by atoms with van der Waals surface area (Å²) in [4.78, 5) is 19.6. The highest BCUT2D eigenvalue weighted by molar-refractivity contribution is 5.82. The lowest BCUT2D eigenvalue weighted by molar-refractivity contribution is -0.117. The Kier molecular flexibility index (Phi) is 8.61. The van der Waals surface area contributed by atoms with Crippen LogP contribution in [0.2, 0.25) is 0 Å². The fraction of sp³-hybridized carbons (Fsp3) is 0.438. The number of Topliss-reactive ketones (excluding diaryl/α,β-unsaturated/α-hetero) is 1. The summed E-state index contributed by atoms with van der Waals surface area (Å²) in [6, 6.07) is 11.5. The molecular weight excluding hydrogens is 502 g/mol. The summed E-state index contributed by atoms with van der Waals surface area (Å²) in [5, 5.41) is 8.48. The molecule has 0 atom stereocenters. The molecule has 1 saturated heterocycles. The minimum absolute atomic E-state index is 0.0916. The van der Waals surface area contributed by atoms with Crippen LogP contribution in [0, 0.1) is 11.8 Å². The van der Waals surface area contributed by atoms with Gasteiger partial charge >= 0.3 is 0 Å². The monoisotopic (exact) mass is 539 g/mol. The van der Waals surface area contributed by atoms with Gasteiger partial charge in [0.2, 0.25) is 0 Å². The van der Waals surface area contributed by atoms with Gasteiger partial charge in [0.1, 0.15) is 17.2 Å². The summed E-state index contributed by atoms with van der Waals surface area (Å²) in [6.45, 7) is 10.3.